The molecule has 2 rings (SSSR count). The minimum absolute atomic E-state index is 0.0882. The number of nitrogens with two attached hydrogens (primary N) is 4. The van der Waals surface area contributed by atoms with E-state index in [1.165, 1.54) is 0 Å². The fraction of sp³-hybridized carbons (Fsp3) is 0.333. The summed E-state index contributed by atoms with van der Waals surface area (Å²) < 4.78 is 6.34. The van der Waals surface area contributed by atoms with Crippen molar-refractivity contribution >= 4 is 11.4 Å². The highest BCUT2D eigenvalue weighted by Crippen LogP contribution is 2.31. The zero-order valence-electron chi connectivity index (χ0n) is 13.3. The topological polar surface area (TPSA) is 113 Å². The van der Waals surface area contributed by atoms with Gasteiger partial charge in [0.05, 0.1) is 12.2 Å². The van der Waals surface area contributed by atoms with Crippen LogP contribution in [0.4, 0.5) is 11.4 Å². The van der Waals surface area contributed by atoms with E-state index in [4.69, 9.17) is 27.7 Å². The zero-order chi connectivity index (χ0) is 16.7. The molecule has 0 aromatic heterocycles. The lowest BCUT2D eigenvalue weighted by Gasteiger charge is -2.25. The van der Waals surface area contributed by atoms with E-state index in [0.717, 1.165) is 35.3 Å². The molecule has 0 saturated carbocycles. The van der Waals surface area contributed by atoms with E-state index in [9.17, 15) is 0 Å². The number of hydrogen-bond acceptors (Lipinski definition) is 5. The average molecular weight is 314 g/mol. The fourth-order valence-electron chi connectivity index (χ4n) is 2.55. The van der Waals surface area contributed by atoms with Crippen LogP contribution >= 0.6 is 0 Å². The van der Waals surface area contributed by atoms with Crippen molar-refractivity contribution in [1.29, 1.82) is 0 Å². The van der Waals surface area contributed by atoms with E-state index in [1.807, 2.05) is 48.5 Å². The van der Waals surface area contributed by atoms with Crippen LogP contribution in [0.2, 0.25) is 0 Å². The molecule has 0 radical (unpaired) electrons. The Morgan fingerprint density at radius 3 is 1.30 bits per heavy atom. The molecule has 0 bridgehead atoms. The first-order valence-electron chi connectivity index (χ1n) is 7.90. The molecular weight excluding hydrogens is 288 g/mol. The second-order valence-corrected chi connectivity index (χ2v) is 5.60. The van der Waals surface area contributed by atoms with Gasteiger partial charge in [0, 0.05) is 11.4 Å². The van der Waals surface area contributed by atoms with Crippen molar-refractivity contribution in [1.82, 2.24) is 0 Å². The molecule has 0 amide bonds. The average Bonchev–Trinajstić information content (AvgIpc) is 2.55. The van der Waals surface area contributed by atoms with Crippen molar-refractivity contribution in [3.8, 4) is 0 Å². The Balaban J connectivity index is 2.19. The molecule has 8 N–H and O–H groups in total. The van der Waals surface area contributed by atoms with Crippen molar-refractivity contribution in [2.75, 3.05) is 24.6 Å². The van der Waals surface area contributed by atoms with Gasteiger partial charge in [0.25, 0.3) is 0 Å². The maximum Gasteiger partial charge on any atom is 0.0845 e. The fourth-order valence-corrected chi connectivity index (χ4v) is 2.55. The van der Waals surface area contributed by atoms with E-state index >= 15 is 0 Å². The minimum atomic E-state index is -0.0882. The van der Waals surface area contributed by atoms with Crippen LogP contribution in [-0.2, 0) is 4.74 Å². The maximum absolute atomic E-state index is 6.34. The Bertz CT molecular complexity index is 529. The van der Waals surface area contributed by atoms with Crippen molar-refractivity contribution in [2.45, 2.75) is 25.0 Å². The van der Waals surface area contributed by atoms with Crippen molar-refractivity contribution in [3.63, 3.8) is 0 Å². The molecule has 2 aromatic carbocycles. The molecule has 0 fully saturated rings. The molecule has 0 aliphatic heterocycles. The lowest BCUT2D eigenvalue weighted by Crippen LogP contribution is -2.17. The Hall–Kier alpha value is -2.08. The first kappa shape index (κ1) is 17.3. The van der Waals surface area contributed by atoms with Gasteiger partial charge in [-0.3, -0.25) is 0 Å². The van der Waals surface area contributed by atoms with Gasteiger partial charge in [0.1, 0.15) is 0 Å². The number of rotatable bonds is 8. The van der Waals surface area contributed by atoms with Gasteiger partial charge in [-0.2, -0.15) is 0 Å². The molecule has 5 heteroatoms. The first-order valence-corrected chi connectivity index (χ1v) is 7.90. The number of hydrogen-bond donors (Lipinski definition) is 4. The molecule has 0 heterocycles. The first-order chi connectivity index (χ1) is 11.1. The van der Waals surface area contributed by atoms with Crippen LogP contribution in [0.5, 0.6) is 0 Å². The molecule has 2 unspecified atom stereocenters. The molecule has 0 aliphatic rings. The quantitative estimate of drug-likeness (QED) is 0.559. The van der Waals surface area contributed by atoms with Crippen LogP contribution in [0.15, 0.2) is 48.5 Å². The molecular formula is C18H26N4O. The van der Waals surface area contributed by atoms with Crippen molar-refractivity contribution in [3.05, 3.63) is 59.7 Å². The summed E-state index contributed by atoms with van der Waals surface area (Å²) in [5.74, 6) is 0. The molecule has 5 nitrogen and oxygen atoms in total. The van der Waals surface area contributed by atoms with E-state index in [0.29, 0.717) is 13.1 Å². The van der Waals surface area contributed by atoms with Crippen LogP contribution in [0.3, 0.4) is 0 Å². The van der Waals surface area contributed by atoms with E-state index in [1.54, 1.807) is 0 Å². The summed E-state index contributed by atoms with van der Waals surface area (Å²) in [5.41, 5.74) is 26.7. The molecule has 2 atom stereocenters. The third kappa shape index (κ3) is 4.96. The predicted octanol–water partition coefficient (Wildman–Crippen LogP) is 2.35. The highest BCUT2D eigenvalue weighted by atomic mass is 16.5. The number of benzene rings is 2. The van der Waals surface area contributed by atoms with Gasteiger partial charge in [-0.25, -0.2) is 0 Å². The third-order valence-corrected chi connectivity index (χ3v) is 3.80. The second-order valence-electron chi connectivity index (χ2n) is 5.60. The third-order valence-electron chi connectivity index (χ3n) is 3.80. The zero-order valence-corrected chi connectivity index (χ0v) is 13.3. The van der Waals surface area contributed by atoms with Gasteiger partial charge in [-0.1, -0.05) is 24.3 Å². The second kappa shape index (κ2) is 8.53. The van der Waals surface area contributed by atoms with Crippen LogP contribution in [0.1, 0.15) is 36.2 Å². The van der Waals surface area contributed by atoms with Crippen LogP contribution in [0.25, 0.3) is 0 Å². The predicted molar refractivity (Wildman–Crippen MR) is 95.6 cm³/mol. The summed E-state index contributed by atoms with van der Waals surface area (Å²) in [5, 5.41) is 0. The van der Waals surface area contributed by atoms with Crippen molar-refractivity contribution < 1.29 is 4.74 Å². The smallest absolute Gasteiger partial charge is 0.0845 e. The van der Waals surface area contributed by atoms with Crippen LogP contribution in [0, 0.1) is 0 Å². The summed E-state index contributed by atoms with van der Waals surface area (Å²) >= 11 is 0. The van der Waals surface area contributed by atoms with Gasteiger partial charge in [0.15, 0.2) is 0 Å². The molecule has 0 aliphatic carbocycles. The molecule has 124 valence electrons. The Morgan fingerprint density at radius 1 is 0.652 bits per heavy atom. The summed E-state index contributed by atoms with van der Waals surface area (Å²) in [6.45, 7) is 1.10. The van der Waals surface area contributed by atoms with Gasteiger partial charge in [-0.15, -0.1) is 0 Å². The van der Waals surface area contributed by atoms with Crippen molar-refractivity contribution in [2.24, 2.45) is 11.5 Å². The van der Waals surface area contributed by atoms with Crippen LogP contribution < -0.4 is 22.9 Å². The monoisotopic (exact) mass is 314 g/mol. The highest BCUT2D eigenvalue weighted by molar-refractivity contribution is 5.41. The van der Waals surface area contributed by atoms with Gasteiger partial charge >= 0.3 is 0 Å². The molecule has 0 spiro atoms. The Morgan fingerprint density at radius 2 is 1.00 bits per heavy atom. The van der Waals surface area contributed by atoms with Gasteiger partial charge < -0.3 is 27.7 Å². The van der Waals surface area contributed by atoms with Gasteiger partial charge in [0.2, 0.25) is 0 Å². The summed E-state index contributed by atoms with van der Waals surface area (Å²) in [7, 11) is 0. The summed E-state index contributed by atoms with van der Waals surface area (Å²) in [6.07, 6.45) is 1.30. The summed E-state index contributed by atoms with van der Waals surface area (Å²) in [4.78, 5) is 0. The minimum Gasteiger partial charge on any atom is -0.399 e. The largest absolute Gasteiger partial charge is 0.399 e. The Kier molecular flexibility index (Phi) is 6.40. The Labute approximate surface area is 137 Å². The number of nitrogen functional groups attached to an aromatic ring is 2. The van der Waals surface area contributed by atoms with E-state index in [2.05, 4.69) is 0 Å². The highest BCUT2D eigenvalue weighted by Gasteiger charge is 2.19. The van der Waals surface area contributed by atoms with E-state index < -0.39 is 0 Å². The van der Waals surface area contributed by atoms with Gasteiger partial charge in [-0.05, 0) is 61.3 Å². The SMILES string of the molecule is NCCC(OC(CCN)c1ccc(N)cc1)c1ccc(N)cc1. The summed E-state index contributed by atoms with van der Waals surface area (Å²) in [6, 6.07) is 15.5. The molecule has 0 saturated heterocycles. The van der Waals surface area contributed by atoms with E-state index in [-0.39, 0.29) is 12.2 Å². The van der Waals surface area contributed by atoms with Crippen LogP contribution in [-0.4, -0.2) is 13.1 Å². The number of anilines is 2. The maximum atomic E-state index is 6.34. The molecule has 2 aromatic rings. The lowest BCUT2D eigenvalue weighted by atomic mass is 10.0. The normalized spacial score (nSPS) is 13.7. The lowest BCUT2D eigenvalue weighted by molar-refractivity contribution is -0.0215. The number of ether oxygens (including phenoxy) is 1. The standard InChI is InChI=1S/C18H26N4O/c19-11-9-17(13-1-5-15(21)6-2-13)23-18(10-12-20)14-3-7-16(22)8-4-14/h1-8,17-18H,9-12,19-22H2. The molecule has 23 heavy (non-hydrogen) atoms.